The van der Waals surface area contributed by atoms with Gasteiger partial charge in [0.25, 0.3) is 5.91 Å². The van der Waals surface area contributed by atoms with Crippen LogP contribution in [0.1, 0.15) is 13.3 Å². The molecular weight excluding hydrogens is 310 g/mol. The summed E-state index contributed by atoms with van der Waals surface area (Å²) in [5.74, 6) is -0.887. The Hall–Kier alpha value is -1.79. The number of amides is 1. The Morgan fingerprint density at radius 1 is 1.50 bits per heavy atom. The third kappa shape index (κ3) is 3.90. The van der Waals surface area contributed by atoms with Crippen LogP contribution < -0.4 is 4.74 Å². The molecule has 7 heteroatoms. The summed E-state index contributed by atoms with van der Waals surface area (Å²) in [6.07, 6.45) is -1.23. The molecule has 1 N–H and O–H groups in total. The van der Waals surface area contributed by atoms with Crippen molar-refractivity contribution in [1.29, 1.82) is 0 Å². The molecule has 1 aromatic rings. The van der Waals surface area contributed by atoms with Crippen LogP contribution >= 0.6 is 11.6 Å². The van der Waals surface area contributed by atoms with Gasteiger partial charge in [-0.05, 0) is 18.6 Å². The summed E-state index contributed by atoms with van der Waals surface area (Å²) in [6.45, 7) is 2.40. The largest absolute Gasteiger partial charge is 0.479 e. The fraction of sp³-hybridized carbons (Fsp3) is 0.467. The maximum atomic E-state index is 12.5. The number of halogens is 1. The number of para-hydroxylation sites is 1. The van der Waals surface area contributed by atoms with E-state index >= 15 is 0 Å². The van der Waals surface area contributed by atoms with Gasteiger partial charge in [0.05, 0.1) is 18.2 Å². The first-order valence-corrected chi connectivity index (χ1v) is 7.45. The van der Waals surface area contributed by atoms with Gasteiger partial charge in [-0.3, -0.25) is 4.79 Å². The van der Waals surface area contributed by atoms with E-state index < -0.39 is 18.2 Å². The van der Waals surface area contributed by atoms with Crippen LogP contribution in [-0.2, 0) is 14.3 Å². The molecule has 120 valence electrons. The van der Waals surface area contributed by atoms with E-state index in [2.05, 4.69) is 0 Å². The molecule has 0 aliphatic carbocycles. The number of carboxylic acid groups (broad SMARTS) is 1. The van der Waals surface area contributed by atoms with E-state index in [0.717, 1.165) is 0 Å². The lowest BCUT2D eigenvalue weighted by atomic mass is 10.2. The van der Waals surface area contributed by atoms with Gasteiger partial charge in [0.1, 0.15) is 5.75 Å². The van der Waals surface area contributed by atoms with Crippen molar-refractivity contribution in [3.05, 3.63) is 29.3 Å². The number of nitrogens with zero attached hydrogens (tertiary/aromatic N) is 1. The highest BCUT2D eigenvalue weighted by Gasteiger charge is 2.32. The molecular formula is C15H18ClNO5. The molecule has 0 aromatic heterocycles. The third-order valence-corrected chi connectivity index (χ3v) is 3.72. The summed E-state index contributed by atoms with van der Waals surface area (Å²) < 4.78 is 10.8. The number of morpholine rings is 1. The number of hydrogen-bond donors (Lipinski definition) is 1. The summed E-state index contributed by atoms with van der Waals surface area (Å²) in [5.41, 5.74) is 0. The summed E-state index contributed by atoms with van der Waals surface area (Å²) >= 11 is 6.03. The van der Waals surface area contributed by atoms with Crippen LogP contribution in [0.25, 0.3) is 0 Å². The Kier molecular flexibility index (Phi) is 5.63. The van der Waals surface area contributed by atoms with Gasteiger partial charge in [0.2, 0.25) is 0 Å². The molecule has 0 radical (unpaired) electrons. The lowest BCUT2D eigenvalue weighted by molar-refractivity contribution is -0.161. The monoisotopic (exact) mass is 327 g/mol. The third-order valence-electron chi connectivity index (χ3n) is 3.41. The van der Waals surface area contributed by atoms with E-state index in [1.807, 2.05) is 6.92 Å². The van der Waals surface area contributed by atoms with Crippen molar-refractivity contribution < 1.29 is 24.2 Å². The molecule has 1 aliphatic heterocycles. The van der Waals surface area contributed by atoms with Crippen LogP contribution in [0.5, 0.6) is 5.75 Å². The molecule has 2 rings (SSSR count). The Morgan fingerprint density at radius 3 is 2.86 bits per heavy atom. The molecule has 0 unspecified atom stereocenters. The first-order chi connectivity index (χ1) is 10.5. The molecule has 1 aromatic carbocycles. The number of carboxylic acids is 1. The lowest BCUT2D eigenvalue weighted by Gasteiger charge is -2.33. The van der Waals surface area contributed by atoms with Gasteiger partial charge < -0.3 is 19.5 Å². The molecule has 1 fully saturated rings. The van der Waals surface area contributed by atoms with Gasteiger partial charge in [-0.15, -0.1) is 0 Å². The number of aliphatic carboxylic acids is 1. The zero-order valence-corrected chi connectivity index (χ0v) is 13.0. The molecule has 6 nitrogen and oxygen atoms in total. The standard InChI is InChI=1S/C15H18ClNO5/c1-2-11(22-12-6-4-3-5-10(12)16)14(18)17-7-8-21-13(9-17)15(19)20/h3-6,11,13H,2,7-9H2,1H3,(H,19,20)/t11-,13-/m0/s1. The molecule has 1 heterocycles. The van der Waals surface area contributed by atoms with Crippen LogP contribution in [-0.4, -0.2) is 53.8 Å². The fourth-order valence-corrected chi connectivity index (χ4v) is 2.38. The van der Waals surface area contributed by atoms with Crippen LogP contribution in [0, 0.1) is 0 Å². The number of ether oxygens (including phenoxy) is 2. The number of hydrogen-bond acceptors (Lipinski definition) is 4. The highest BCUT2D eigenvalue weighted by atomic mass is 35.5. The molecule has 22 heavy (non-hydrogen) atoms. The Bertz CT molecular complexity index is 550. The number of carbonyl (C=O) groups excluding carboxylic acids is 1. The zero-order chi connectivity index (χ0) is 16.1. The number of rotatable bonds is 5. The minimum Gasteiger partial charge on any atom is -0.479 e. The van der Waals surface area contributed by atoms with E-state index in [1.54, 1.807) is 24.3 Å². The van der Waals surface area contributed by atoms with E-state index in [4.69, 9.17) is 26.2 Å². The average molecular weight is 328 g/mol. The van der Waals surface area contributed by atoms with Crippen molar-refractivity contribution in [2.24, 2.45) is 0 Å². The molecule has 2 atom stereocenters. The summed E-state index contributed by atoms with van der Waals surface area (Å²) in [5, 5.41) is 9.42. The first-order valence-electron chi connectivity index (χ1n) is 7.07. The normalized spacial score (nSPS) is 19.5. The van der Waals surface area contributed by atoms with Crippen LogP contribution in [0.2, 0.25) is 5.02 Å². The Labute approximate surface area is 133 Å². The molecule has 1 aliphatic rings. The van der Waals surface area contributed by atoms with Crippen molar-refractivity contribution in [1.82, 2.24) is 4.90 Å². The molecule has 1 saturated heterocycles. The number of benzene rings is 1. The predicted octanol–water partition coefficient (Wildman–Crippen LogP) is 1.81. The second-order valence-electron chi connectivity index (χ2n) is 4.93. The van der Waals surface area contributed by atoms with Crippen LogP contribution in [0.15, 0.2) is 24.3 Å². The summed E-state index contributed by atoms with van der Waals surface area (Å²) in [6, 6.07) is 6.92. The molecule has 0 bridgehead atoms. The smallest absolute Gasteiger partial charge is 0.334 e. The molecule has 1 amide bonds. The molecule has 0 spiro atoms. The topological polar surface area (TPSA) is 76.1 Å². The second-order valence-corrected chi connectivity index (χ2v) is 5.33. The second kappa shape index (κ2) is 7.47. The van der Waals surface area contributed by atoms with Crippen molar-refractivity contribution in [3.63, 3.8) is 0 Å². The van der Waals surface area contributed by atoms with Crippen molar-refractivity contribution in [2.45, 2.75) is 25.6 Å². The van der Waals surface area contributed by atoms with Gasteiger partial charge in [0.15, 0.2) is 12.2 Å². The van der Waals surface area contributed by atoms with E-state index in [9.17, 15) is 9.59 Å². The van der Waals surface area contributed by atoms with E-state index in [1.165, 1.54) is 4.90 Å². The minimum absolute atomic E-state index is 0.0244. The highest BCUT2D eigenvalue weighted by Crippen LogP contribution is 2.25. The summed E-state index contributed by atoms with van der Waals surface area (Å²) in [4.78, 5) is 25.0. The SMILES string of the molecule is CC[C@H](Oc1ccccc1Cl)C(=O)N1CCO[C@H](C(=O)O)C1. The van der Waals surface area contributed by atoms with Gasteiger partial charge in [-0.1, -0.05) is 30.7 Å². The van der Waals surface area contributed by atoms with Crippen molar-refractivity contribution in [2.75, 3.05) is 19.7 Å². The van der Waals surface area contributed by atoms with E-state index in [0.29, 0.717) is 23.7 Å². The van der Waals surface area contributed by atoms with Gasteiger partial charge >= 0.3 is 5.97 Å². The Morgan fingerprint density at radius 2 is 2.23 bits per heavy atom. The van der Waals surface area contributed by atoms with Crippen LogP contribution in [0.4, 0.5) is 0 Å². The van der Waals surface area contributed by atoms with Gasteiger partial charge in [0, 0.05) is 6.54 Å². The average Bonchev–Trinajstić information content (AvgIpc) is 2.53. The van der Waals surface area contributed by atoms with Crippen molar-refractivity contribution in [3.8, 4) is 5.75 Å². The maximum Gasteiger partial charge on any atom is 0.334 e. The van der Waals surface area contributed by atoms with Crippen LogP contribution in [0.3, 0.4) is 0 Å². The highest BCUT2D eigenvalue weighted by molar-refractivity contribution is 6.32. The first kappa shape index (κ1) is 16.6. The van der Waals surface area contributed by atoms with Gasteiger partial charge in [-0.2, -0.15) is 0 Å². The van der Waals surface area contributed by atoms with E-state index in [-0.39, 0.29) is 19.1 Å². The van der Waals surface area contributed by atoms with Gasteiger partial charge in [-0.25, -0.2) is 4.79 Å². The Balaban J connectivity index is 2.05. The maximum absolute atomic E-state index is 12.5. The predicted molar refractivity (Wildman–Crippen MR) is 80.1 cm³/mol. The lowest BCUT2D eigenvalue weighted by Crippen LogP contribution is -2.52. The van der Waals surface area contributed by atoms with Crippen molar-refractivity contribution >= 4 is 23.5 Å². The summed E-state index contributed by atoms with van der Waals surface area (Å²) in [7, 11) is 0. The number of carbonyl (C=O) groups is 2. The molecule has 0 saturated carbocycles. The quantitative estimate of drug-likeness (QED) is 0.892. The fourth-order valence-electron chi connectivity index (χ4n) is 2.20. The zero-order valence-electron chi connectivity index (χ0n) is 12.2. The minimum atomic E-state index is -1.07.